The van der Waals surface area contributed by atoms with Gasteiger partial charge >= 0.3 is 0 Å². The highest BCUT2D eigenvalue weighted by molar-refractivity contribution is 14.2. The molecule has 50 valence electrons. The molecule has 0 spiro atoms. The molecule has 0 aliphatic carbocycles. The minimum absolute atomic E-state index is 0.377. The summed E-state index contributed by atoms with van der Waals surface area (Å²) >= 11 is 4.94. The number of alkyl halides is 2. The van der Waals surface area contributed by atoms with Crippen LogP contribution in [0.5, 0.6) is 0 Å². The van der Waals surface area contributed by atoms with Gasteiger partial charge in [-0.05, 0) is 12.3 Å². The summed E-state index contributed by atoms with van der Waals surface area (Å²) in [6.45, 7) is 9.01. The Balaban J connectivity index is 4.02. The summed E-state index contributed by atoms with van der Waals surface area (Å²) in [5.74, 6) is 0. The van der Waals surface area contributed by atoms with E-state index < -0.39 is 0 Å². The van der Waals surface area contributed by atoms with E-state index in [9.17, 15) is 0 Å². The second-order valence-electron chi connectivity index (χ2n) is 3.14. The summed E-state index contributed by atoms with van der Waals surface area (Å²) in [5, 5.41) is 0. The average Bonchev–Trinajstić information content (AvgIpc) is 1.25. The SMILES string of the molecule is CC(C)(C)C(C)(I)I. The molecule has 0 rings (SSSR count). The highest BCUT2D eigenvalue weighted by atomic mass is 127. The van der Waals surface area contributed by atoms with Crippen molar-refractivity contribution >= 4 is 45.2 Å². The fourth-order valence-electron chi connectivity index (χ4n) is 0. The molecule has 2 heteroatoms. The number of hydrogen-bond donors (Lipinski definition) is 0. The number of rotatable bonds is 0. The Kier molecular flexibility index (Phi) is 3.07. The number of hydrogen-bond acceptors (Lipinski definition) is 0. The zero-order valence-corrected chi connectivity index (χ0v) is 10.1. The molecule has 0 saturated carbocycles. The standard InChI is InChI=1S/C6H12I2/c1-5(2,3)6(4,7)8/h1-4H3. The maximum absolute atomic E-state index is 2.47. The first-order valence-electron chi connectivity index (χ1n) is 2.63. The Hall–Kier alpha value is 1.46. The molecule has 0 aromatic rings. The Labute approximate surface area is 79.1 Å². The molecule has 0 nitrogen and oxygen atoms in total. The number of halogens is 2. The van der Waals surface area contributed by atoms with Crippen LogP contribution in [0, 0.1) is 5.41 Å². The second kappa shape index (κ2) is 2.60. The normalized spacial score (nSPS) is 14.2. The molecule has 0 fully saturated rings. The van der Waals surface area contributed by atoms with Gasteiger partial charge in [0, 0.05) is 0 Å². The second-order valence-corrected chi connectivity index (χ2v) is 9.52. The van der Waals surface area contributed by atoms with Gasteiger partial charge in [0.05, 0.1) is 1.43 Å². The van der Waals surface area contributed by atoms with E-state index >= 15 is 0 Å². The molecule has 0 aliphatic rings. The third-order valence-electron chi connectivity index (χ3n) is 1.32. The first-order chi connectivity index (χ1) is 3.25. The van der Waals surface area contributed by atoms with Gasteiger partial charge in [-0.15, -0.1) is 0 Å². The van der Waals surface area contributed by atoms with E-state index in [4.69, 9.17) is 0 Å². The van der Waals surface area contributed by atoms with Gasteiger partial charge in [0.1, 0.15) is 0 Å². The van der Waals surface area contributed by atoms with Crippen molar-refractivity contribution < 1.29 is 0 Å². The van der Waals surface area contributed by atoms with Crippen molar-refractivity contribution in [3.8, 4) is 0 Å². The first-order valence-corrected chi connectivity index (χ1v) is 4.79. The van der Waals surface area contributed by atoms with E-state index in [1.165, 1.54) is 0 Å². The monoisotopic (exact) mass is 338 g/mol. The van der Waals surface area contributed by atoms with Gasteiger partial charge < -0.3 is 0 Å². The van der Waals surface area contributed by atoms with Crippen molar-refractivity contribution in [3.63, 3.8) is 0 Å². The first kappa shape index (κ1) is 9.46. The Morgan fingerprint density at radius 1 is 0.875 bits per heavy atom. The zero-order chi connectivity index (χ0) is 7.00. The van der Waals surface area contributed by atoms with Crippen LogP contribution in [0.3, 0.4) is 0 Å². The van der Waals surface area contributed by atoms with Crippen LogP contribution in [0.1, 0.15) is 27.7 Å². The molecular weight excluding hydrogens is 326 g/mol. The Morgan fingerprint density at radius 2 is 1.00 bits per heavy atom. The van der Waals surface area contributed by atoms with Crippen LogP contribution in [0.4, 0.5) is 0 Å². The quantitative estimate of drug-likeness (QED) is 0.468. The van der Waals surface area contributed by atoms with E-state index in [0.717, 1.165) is 0 Å². The van der Waals surface area contributed by atoms with Crippen molar-refractivity contribution in [2.45, 2.75) is 29.1 Å². The Morgan fingerprint density at radius 3 is 1.00 bits per heavy atom. The van der Waals surface area contributed by atoms with Crippen molar-refractivity contribution in [1.29, 1.82) is 0 Å². The summed E-state index contributed by atoms with van der Waals surface area (Å²) in [6, 6.07) is 0. The molecule has 0 bridgehead atoms. The van der Waals surface area contributed by atoms with Crippen LogP contribution in [-0.2, 0) is 0 Å². The molecule has 0 radical (unpaired) electrons. The van der Waals surface area contributed by atoms with Crippen LogP contribution in [-0.4, -0.2) is 1.43 Å². The minimum atomic E-state index is 0.377. The fraction of sp³-hybridized carbons (Fsp3) is 1.00. The lowest BCUT2D eigenvalue weighted by molar-refractivity contribution is 0.411. The van der Waals surface area contributed by atoms with Gasteiger partial charge in [-0.3, -0.25) is 0 Å². The summed E-state index contributed by atoms with van der Waals surface area (Å²) in [7, 11) is 0. The van der Waals surface area contributed by atoms with Crippen LogP contribution >= 0.6 is 45.2 Å². The topological polar surface area (TPSA) is 0 Å². The maximum Gasteiger partial charge on any atom is 0.0754 e. The predicted octanol–water partition coefficient (Wildman–Crippen LogP) is 3.62. The summed E-state index contributed by atoms with van der Waals surface area (Å²) in [4.78, 5) is 0. The molecule has 0 aromatic carbocycles. The van der Waals surface area contributed by atoms with Crippen molar-refractivity contribution in [1.82, 2.24) is 0 Å². The third-order valence-corrected chi connectivity index (χ3v) is 4.55. The van der Waals surface area contributed by atoms with Crippen molar-refractivity contribution in [3.05, 3.63) is 0 Å². The van der Waals surface area contributed by atoms with E-state index in [-0.39, 0.29) is 0 Å². The van der Waals surface area contributed by atoms with Gasteiger partial charge in [-0.2, -0.15) is 0 Å². The van der Waals surface area contributed by atoms with Gasteiger partial charge in [-0.1, -0.05) is 66.0 Å². The molecule has 0 N–H and O–H groups in total. The lowest BCUT2D eigenvalue weighted by atomic mass is 9.93. The Bertz CT molecular complexity index is 61.5. The molecular formula is C6H12I2. The molecule has 8 heavy (non-hydrogen) atoms. The van der Waals surface area contributed by atoms with Gasteiger partial charge in [-0.25, -0.2) is 0 Å². The molecule has 0 amide bonds. The van der Waals surface area contributed by atoms with Gasteiger partial charge in [0.25, 0.3) is 0 Å². The van der Waals surface area contributed by atoms with Crippen LogP contribution in [0.25, 0.3) is 0 Å². The van der Waals surface area contributed by atoms with E-state index in [1.807, 2.05) is 0 Å². The average molecular weight is 338 g/mol. The van der Waals surface area contributed by atoms with Crippen molar-refractivity contribution in [2.24, 2.45) is 5.41 Å². The third kappa shape index (κ3) is 2.85. The van der Waals surface area contributed by atoms with Gasteiger partial charge in [0.15, 0.2) is 0 Å². The van der Waals surface area contributed by atoms with Crippen LogP contribution in [0.2, 0.25) is 0 Å². The molecule has 0 saturated heterocycles. The lowest BCUT2D eigenvalue weighted by Gasteiger charge is -2.30. The molecule has 0 aromatic heterocycles. The smallest absolute Gasteiger partial charge is 0.0669 e. The predicted molar refractivity (Wildman–Crippen MR) is 55.9 cm³/mol. The summed E-state index contributed by atoms with van der Waals surface area (Å²) in [6.07, 6.45) is 0. The maximum atomic E-state index is 2.47. The fourth-order valence-corrected chi connectivity index (χ4v) is 0. The lowest BCUT2D eigenvalue weighted by Crippen LogP contribution is -2.25. The summed E-state index contributed by atoms with van der Waals surface area (Å²) < 4.78 is 0.377. The largest absolute Gasteiger partial charge is 0.0754 e. The van der Waals surface area contributed by atoms with Crippen LogP contribution in [0.15, 0.2) is 0 Å². The highest BCUT2D eigenvalue weighted by Gasteiger charge is 2.31. The minimum Gasteiger partial charge on any atom is -0.0669 e. The molecule has 0 atom stereocenters. The molecule has 0 heterocycles. The molecule has 0 unspecified atom stereocenters. The highest BCUT2D eigenvalue weighted by Crippen LogP contribution is 2.43. The van der Waals surface area contributed by atoms with Crippen molar-refractivity contribution in [2.75, 3.05) is 0 Å². The zero-order valence-electron chi connectivity index (χ0n) is 5.76. The van der Waals surface area contributed by atoms with E-state index in [1.54, 1.807) is 0 Å². The van der Waals surface area contributed by atoms with Crippen LogP contribution < -0.4 is 0 Å². The van der Waals surface area contributed by atoms with E-state index in [2.05, 4.69) is 72.9 Å². The summed E-state index contributed by atoms with van der Waals surface area (Å²) in [5.41, 5.74) is 0.411. The van der Waals surface area contributed by atoms with E-state index in [0.29, 0.717) is 6.84 Å². The molecule has 0 aliphatic heterocycles. The van der Waals surface area contributed by atoms with Gasteiger partial charge in [0.2, 0.25) is 0 Å².